The largest absolute Gasteiger partial charge is 0.339 e. The van der Waals surface area contributed by atoms with Gasteiger partial charge in [0.05, 0.1) is 17.4 Å². The average Bonchev–Trinajstić information content (AvgIpc) is 2.19. The Kier molecular flexibility index (Phi) is 3.13. The molecule has 0 saturated carbocycles. The van der Waals surface area contributed by atoms with Crippen LogP contribution in [-0.4, -0.2) is 34.1 Å². The van der Waals surface area contributed by atoms with Crippen LogP contribution >= 0.6 is 23.4 Å². The minimum absolute atomic E-state index is 0.591. The maximum absolute atomic E-state index is 5.73. The summed E-state index contributed by atoms with van der Waals surface area (Å²) in [7, 11) is 0. The van der Waals surface area contributed by atoms with Gasteiger partial charge in [-0.2, -0.15) is 11.8 Å². The summed E-state index contributed by atoms with van der Waals surface area (Å²) in [5.74, 6) is 1.94. The van der Waals surface area contributed by atoms with Crippen LogP contribution in [0, 0.1) is 0 Å². The molecule has 14 heavy (non-hydrogen) atoms. The van der Waals surface area contributed by atoms with Crippen molar-refractivity contribution < 1.29 is 0 Å². The number of thioether (sulfide) groups is 1. The summed E-state index contributed by atoms with van der Waals surface area (Å²) in [4.78, 5) is 10.6. The van der Waals surface area contributed by atoms with Crippen LogP contribution in [0.1, 0.15) is 6.92 Å². The van der Waals surface area contributed by atoms with Crippen molar-refractivity contribution in [3.05, 3.63) is 17.4 Å². The third-order valence-corrected chi connectivity index (χ3v) is 3.46. The number of hydrogen-bond acceptors (Lipinski definition) is 4. The van der Waals surface area contributed by atoms with E-state index in [1.165, 1.54) is 0 Å². The van der Waals surface area contributed by atoms with E-state index in [4.69, 9.17) is 11.6 Å². The Hall–Kier alpha value is -0.480. The Bertz CT molecular complexity index is 303. The van der Waals surface area contributed by atoms with Gasteiger partial charge in [-0.1, -0.05) is 18.5 Å². The highest BCUT2D eigenvalue weighted by atomic mass is 35.5. The van der Waals surface area contributed by atoms with E-state index in [9.17, 15) is 0 Å². The van der Waals surface area contributed by atoms with Gasteiger partial charge in [-0.15, -0.1) is 0 Å². The van der Waals surface area contributed by atoms with Crippen molar-refractivity contribution in [3.63, 3.8) is 0 Å². The molecule has 3 nitrogen and oxygen atoms in total. The first-order chi connectivity index (χ1) is 6.75. The van der Waals surface area contributed by atoms with Crippen LogP contribution in [0.3, 0.4) is 0 Å². The Balaban J connectivity index is 2.10. The van der Waals surface area contributed by atoms with Gasteiger partial charge < -0.3 is 4.90 Å². The monoisotopic (exact) mass is 229 g/mol. The van der Waals surface area contributed by atoms with Crippen LogP contribution in [0.4, 0.5) is 5.95 Å². The van der Waals surface area contributed by atoms with Gasteiger partial charge in [0, 0.05) is 24.1 Å². The molecule has 0 aliphatic carbocycles. The first kappa shape index (κ1) is 10.1. The van der Waals surface area contributed by atoms with Crippen LogP contribution < -0.4 is 4.90 Å². The van der Waals surface area contributed by atoms with E-state index in [0.717, 1.165) is 24.8 Å². The number of rotatable bonds is 1. The predicted octanol–water partition coefficient (Wildman–Crippen LogP) is 2.07. The smallest absolute Gasteiger partial charge is 0.225 e. The molecule has 0 N–H and O–H groups in total. The Labute approximate surface area is 92.9 Å². The lowest BCUT2D eigenvalue weighted by molar-refractivity contribution is 0.754. The number of hydrogen-bond donors (Lipinski definition) is 0. The van der Waals surface area contributed by atoms with E-state index >= 15 is 0 Å². The number of nitrogens with zero attached hydrogens (tertiary/aromatic N) is 3. The summed E-state index contributed by atoms with van der Waals surface area (Å²) in [5.41, 5.74) is 0. The zero-order valence-electron chi connectivity index (χ0n) is 7.98. The van der Waals surface area contributed by atoms with E-state index in [2.05, 4.69) is 21.8 Å². The normalized spacial score (nSPS) is 22.4. The Morgan fingerprint density at radius 2 is 2.21 bits per heavy atom. The van der Waals surface area contributed by atoms with E-state index in [-0.39, 0.29) is 0 Å². The molecule has 0 radical (unpaired) electrons. The zero-order valence-corrected chi connectivity index (χ0v) is 9.55. The van der Waals surface area contributed by atoms with Crippen LogP contribution in [0.2, 0.25) is 5.02 Å². The topological polar surface area (TPSA) is 29.0 Å². The minimum Gasteiger partial charge on any atom is -0.339 e. The van der Waals surface area contributed by atoms with Gasteiger partial charge in [-0.3, -0.25) is 0 Å². The van der Waals surface area contributed by atoms with Crippen molar-refractivity contribution in [1.82, 2.24) is 9.97 Å². The van der Waals surface area contributed by atoms with Gasteiger partial charge in [0.2, 0.25) is 5.95 Å². The van der Waals surface area contributed by atoms with Crippen LogP contribution in [-0.2, 0) is 0 Å². The standard InChI is InChI=1S/C9H12ClN3S/c1-7-6-13(2-3-14-7)9-11-4-8(10)5-12-9/h4-5,7H,2-3,6H2,1H3. The van der Waals surface area contributed by atoms with Crippen molar-refractivity contribution in [3.8, 4) is 0 Å². The molecule has 1 saturated heterocycles. The van der Waals surface area contributed by atoms with E-state index in [1.807, 2.05) is 11.8 Å². The fourth-order valence-electron chi connectivity index (χ4n) is 1.47. The molecule has 76 valence electrons. The molecule has 1 atom stereocenters. The highest BCUT2D eigenvalue weighted by Crippen LogP contribution is 2.21. The van der Waals surface area contributed by atoms with Gasteiger partial charge in [-0.25, -0.2) is 9.97 Å². The third kappa shape index (κ3) is 2.30. The summed E-state index contributed by atoms with van der Waals surface area (Å²) >= 11 is 7.73. The highest BCUT2D eigenvalue weighted by molar-refractivity contribution is 8.00. The van der Waals surface area contributed by atoms with Crippen molar-refractivity contribution in [1.29, 1.82) is 0 Å². The molecule has 0 aromatic carbocycles. The number of halogens is 1. The fraction of sp³-hybridized carbons (Fsp3) is 0.556. The van der Waals surface area contributed by atoms with Crippen LogP contribution in [0.15, 0.2) is 12.4 Å². The minimum atomic E-state index is 0.591. The van der Waals surface area contributed by atoms with Crippen molar-refractivity contribution in [2.24, 2.45) is 0 Å². The molecule has 0 spiro atoms. The van der Waals surface area contributed by atoms with Gasteiger partial charge in [0.15, 0.2) is 0 Å². The molecule has 1 unspecified atom stereocenters. The number of anilines is 1. The average molecular weight is 230 g/mol. The summed E-state index contributed by atoms with van der Waals surface area (Å²) < 4.78 is 0. The Morgan fingerprint density at radius 1 is 1.50 bits per heavy atom. The molecule has 0 amide bonds. The zero-order chi connectivity index (χ0) is 9.97. The van der Waals surface area contributed by atoms with Crippen molar-refractivity contribution >= 4 is 29.3 Å². The molecule has 1 aliphatic rings. The van der Waals surface area contributed by atoms with E-state index in [1.54, 1.807) is 12.4 Å². The molecule has 1 fully saturated rings. The third-order valence-electron chi connectivity index (χ3n) is 2.13. The quantitative estimate of drug-likeness (QED) is 0.738. The first-order valence-electron chi connectivity index (χ1n) is 4.60. The van der Waals surface area contributed by atoms with Gasteiger partial charge in [-0.05, 0) is 0 Å². The molecule has 1 aromatic heterocycles. The molecule has 5 heteroatoms. The lowest BCUT2D eigenvalue weighted by Crippen LogP contribution is -2.37. The fourth-order valence-corrected chi connectivity index (χ4v) is 2.58. The second-order valence-corrected chi connectivity index (χ2v) is 5.31. The van der Waals surface area contributed by atoms with Gasteiger partial charge in [0.1, 0.15) is 0 Å². The molecule has 0 bridgehead atoms. The maximum Gasteiger partial charge on any atom is 0.225 e. The molecular formula is C9H12ClN3S. The molecular weight excluding hydrogens is 218 g/mol. The lowest BCUT2D eigenvalue weighted by Gasteiger charge is -2.30. The lowest BCUT2D eigenvalue weighted by atomic mass is 10.4. The van der Waals surface area contributed by atoms with Gasteiger partial charge in [0.25, 0.3) is 0 Å². The predicted molar refractivity (Wildman–Crippen MR) is 61.2 cm³/mol. The molecule has 1 aliphatic heterocycles. The van der Waals surface area contributed by atoms with Crippen LogP contribution in [0.5, 0.6) is 0 Å². The van der Waals surface area contributed by atoms with Crippen LogP contribution in [0.25, 0.3) is 0 Å². The first-order valence-corrected chi connectivity index (χ1v) is 6.02. The second-order valence-electron chi connectivity index (χ2n) is 3.33. The highest BCUT2D eigenvalue weighted by Gasteiger charge is 2.18. The summed E-state index contributed by atoms with van der Waals surface area (Å²) in [6, 6.07) is 0. The number of aromatic nitrogens is 2. The van der Waals surface area contributed by atoms with E-state index < -0.39 is 0 Å². The SMILES string of the molecule is CC1CN(c2ncc(Cl)cn2)CCS1. The summed E-state index contributed by atoms with van der Waals surface area (Å²) in [6.45, 7) is 4.27. The summed E-state index contributed by atoms with van der Waals surface area (Å²) in [5, 5.41) is 1.25. The van der Waals surface area contributed by atoms with E-state index in [0.29, 0.717) is 10.3 Å². The maximum atomic E-state index is 5.73. The summed E-state index contributed by atoms with van der Waals surface area (Å²) in [6.07, 6.45) is 3.30. The second kappa shape index (κ2) is 4.36. The molecule has 2 rings (SSSR count). The molecule has 1 aromatic rings. The molecule has 2 heterocycles. The van der Waals surface area contributed by atoms with Crippen molar-refractivity contribution in [2.75, 3.05) is 23.7 Å². The Morgan fingerprint density at radius 3 is 2.86 bits per heavy atom. The van der Waals surface area contributed by atoms with Crippen molar-refractivity contribution in [2.45, 2.75) is 12.2 Å². The van der Waals surface area contributed by atoms with Gasteiger partial charge >= 0.3 is 0 Å².